The van der Waals surface area contributed by atoms with Crippen LogP contribution in [0.4, 0.5) is 0 Å². The van der Waals surface area contributed by atoms with Crippen LogP contribution in [0, 0.1) is 0 Å². The minimum Gasteiger partial charge on any atom is -0.326 e. The molecule has 1 aromatic heterocycles. The van der Waals surface area contributed by atoms with Crippen LogP contribution in [0.15, 0.2) is 16.8 Å². The number of sulfone groups is 1. The maximum absolute atomic E-state index is 11.5. The van der Waals surface area contributed by atoms with Crippen molar-refractivity contribution in [2.75, 3.05) is 24.6 Å². The van der Waals surface area contributed by atoms with Crippen molar-refractivity contribution in [3.8, 4) is 0 Å². The zero-order valence-electron chi connectivity index (χ0n) is 10.6. The third-order valence-corrected chi connectivity index (χ3v) is 5.84. The molecule has 2 atom stereocenters. The first-order valence-corrected chi connectivity index (χ1v) is 9.02. The van der Waals surface area contributed by atoms with Crippen LogP contribution in [0.5, 0.6) is 0 Å². The number of hydrogen-bond acceptors (Lipinski definition) is 5. The van der Waals surface area contributed by atoms with Crippen LogP contribution in [-0.4, -0.2) is 44.0 Å². The lowest BCUT2D eigenvalue weighted by molar-refractivity contribution is 0.183. The molecule has 2 heterocycles. The Morgan fingerprint density at radius 1 is 1.44 bits per heavy atom. The molecule has 0 bridgehead atoms. The Bertz CT molecular complexity index is 456. The molecular formula is C12H20N2O2S2. The van der Waals surface area contributed by atoms with Crippen LogP contribution in [-0.2, 0) is 9.84 Å². The molecule has 2 unspecified atom stereocenters. The monoisotopic (exact) mass is 288 g/mol. The van der Waals surface area contributed by atoms with E-state index in [2.05, 4.69) is 23.3 Å². The Labute approximate surface area is 113 Å². The summed E-state index contributed by atoms with van der Waals surface area (Å²) in [5, 5.41) is 4.16. The molecule has 0 aromatic carbocycles. The summed E-state index contributed by atoms with van der Waals surface area (Å²) in [7, 11) is -2.83. The van der Waals surface area contributed by atoms with Gasteiger partial charge in [0.05, 0.1) is 17.5 Å². The minimum atomic E-state index is -2.83. The first-order valence-electron chi connectivity index (χ1n) is 6.25. The Morgan fingerprint density at radius 2 is 2.11 bits per heavy atom. The highest BCUT2D eigenvalue weighted by atomic mass is 32.2. The summed E-state index contributed by atoms with van der Waals surface area (Å²) in [6.07, 6.45) is 0.893. The fourth-order valence-corrected chi connectivity index (χ4v) is 4.32. The summed E-state index contributed by atoms with van der Waals surface area (Å²) in [5.74, 6) is 0.508. The highest BCUT2D eigenvalue weighted by Crippen LogP contribution is 2.28. The van der Waals surface area contributed by atoms with E-state index in [1.165, 1.54) is 5.56 Å². The second kappa shape index (κ2) is 5.69. The first kappa shape index (κ1) is 14.0. The molecule has 1 saturated heterocycles. The fraction of sp³-hybridized carbons (Fsp3) is 0.667. The molecule has 1 aliphatic rings. The van der Waals surface area contributed by atoms with E-state index in [-0.39, 0.29) is 23.6 Å². The lowest BCUT2D eigenvalue weighted by Crippen LogP contribution is -2.47. The lowest BCUT2D eigenvalue weighted by atomic mass is 9.99. The van der Waals surface area contributed by atoms with Gasteiger partial charge < -0.3 is 5.73 Å². The van der Waals surface area contributed by atoms with Gasteiger partial charge in [-0.2, -0.15) is 11.3 Å². The quantitative estimate of drug-likeness (QED) is 0.906. The number of hydrogen-bond donors (Lipinski definition) is 1. The molecule has 2 N–H and O–H groups in total. The molecule has 0 amide bonds. The normalized spacial score (nSPS) is 23.7. The number of rotatable bonds is 4. The predicted octanol–water partition coefficient (Wildman–Crippen LogP) is 1.26. The molecule has 6 heteroatoms. The van der Waals surface area contributed by atoms with Crippen LogP contribution in [0.1, 0.15) is 24.9 Å². The smallest absolute Gasteiger partial charge is 0.152 e. The van der Waals surface area contributed by atoms with E-state index in [4.69, 9.17) is 5.73 Å². The molecule has 1 aromatic rings. The average Bonchev–Trinajstić information content (AvgIpc) is 2.85. The van der Waals surface area contributed by atoms with Crippen LogP contribution < -0.4 is 5.73 Å². The predicted molar refractivity (Wildman–Crippen MR) is 75.6 cm³/mol. The van der Waals surface area contributed by atoms with Crippen LogP contribution in [0.2, 0.25) is 0 Å². The summed E-state index contributed by atoms with van der Waals surface area (Å²) in [4.78, 5) is 2.22. The van der Waals surface area contributed by atoms with Gasteiger partial charge in [-0.25, -0.2) is 8.42 Å². The van der Waals surface area contributed by atoms with E-state index in [1.807, 2.05) is 5.38 Å². The number of nitrogens with zero attached hydrogens (tertiary/aromatic N) is 1. The molecule has 0 aliphatic carbocycles. The average molecular weight is 288 g/mol. The molecule has 2 rings (SSSR count). The van der Waals surface area contributed by atoms with Crippen LogP contribution >= 0.6 is 11.3 Å². The molecule has 1 aliphatic heterocycles. The van der Waals surface area contributed by atoms with Crippen molar-refractivity contribution in [3.05, 3.63) is 22.4 Å². The Morgan fingerprint density at radius 3 is 2.61 bits per heavy atom. The molecule has 0 saturated carbocycles. The summed E-state index contributed by atoms with van der Waals surface area (Å²) in [6.45, 7) is 3.26. The van der Waals surface area contributed by atoms with Crippen molar-refractivity contribution in [1.82, 2.24) is 4.90 Å². The van der Waals surface area contributed by atoms with E-state index in [0.717, 1.165) is 6.42 Å². The van der Waals surface area contributed by atoms with E-state index in [9.17, 15) is 8.42 Å². The summed E-state index contributed by atoms with van der Waals surface area (Å²) < 4.78 is 23.0. The zero-order valence-corrected chi connectivity index (χ0v) is 12.2. The molecule has 18 heavy (non-hydrogen) atoms. The standard InChI is InChI=1S/C12H20N2O2S2/c1-2-11(13)12(10-3-6-17-9-10)14-4-7-18(15,16)8-5-14/h3,6,9,11-12H,2,4-5,7-8,13H2,1H3. The van der Waals surface area contributed by atoms with Gasteiger partial charge in [0.25, 0.3) is 0 Å². The molecule has 0 radical (unpaired) electrons. The third kappa shape index (κ3) is 3.12. The molecular weight excluding hydrogens is 268 g/mol. The minimum absolute atomic E-state index is 0.0559. The highest BCUT2D eigenvalue weighted by molar-refractivity contribution is 7.91. The largest absolute Gasteiger partial charge is 0.326 e. The van der Waals surface area contributed by atoms with E-state index >= 15 is 0 Å². The van der Waals surface area contributed by atoms with Crippen molar-refractivity contribution in [2.24, 2.45) is 5.73 Å². The second-order valence-corrected chi connectivity index (χ2v) is 7.85. The maximum Gasteiger partial charge on any atom is 0.152 e. The van der Waals surface area contributed by atoms with E-state index in [0.29, 0.717) is 13.1 Å². The lowest BCUT2D eigenvalue weighted by Gasteiger charge is -2.37. The number of thiophene rings is 1. The van der Waals surface area contributed by atoms with Crippen molar-refractivity contribution in [3.63, 3.8) is 0 Å². The van der Waals surface area contributed by atoms with Crippen molar-refractivity contribution in [2.45, 2.75) is 25.4 Å². The topological polar surface area (TPSA) is 63.4 Å². The molecule has 0 spiro atoms. The second-order valence-electron chi connectivity index (χ2n) is 4.76. The maximum atomic E-state index is 11.5. The Balaban J connectivity index is 2.16. The highest BCUT2D eigenvalue weighted by Gasteiger charge is 2.31. The van der Waals surface area contributed by atoms with Gasteiger partial charge in [0, 0.05) is 19.1 Å². The fourth-order valence-electron chi connectivity index (χ4n) is 2.40. The number of nitrogens with two attached hydrogens (primary N) is 1. The van der Waals surface area contributed by atoms with Gasteiger partial charge in [0.1, 0.15) is 0 Å². The van der Waals surface area contributed by atoms with Crippen molar-refractivity contribution in [1.29, 1.82) is 0 Å². The van der Waals surface area contributed by atoms with Crippen LogP contribution in [0.25, 0.3) is 0 Å². The summed E-state index contributed by atoms with van der Waals surface area (Å²) in [5.41, 5.74) is 7.44. The van der Waals surface area contributed by atoms with Crippen LogP contribution in [0.3, 0.4) is 0 Å². The van der Waals surface area contributed by atoms with Crippen molar-refractivity contribution < 1.29 is 8.42 Å². The summed E-state index contributed by atoms with van der Waals surface area (Å²) >= 11 is 1.66. The van der Waals surface area contributed by atoms with Gasteiger partial charge in [-0.3, -0.25) is 4.90 Å². The van der Waals surface area contributed by atoms with Gasteiger partial charge in [0.15, 0.2) is 9.84 Å². The molecule has 102 valence electrons. The van der Waals surface area contributed by atoms with Gasteiger partial charge in [0.2, 0.25) is 0 Å². The third-order valence-electron chi connectivity index (χ3n) is 3.53. The van der Waals surface area contributed by atoms with Gasteiger partial charge in [-0.15, -0.1) is 0 Å². The van der Waals surface area contributed by atoms with E-state index in [1.54, 1.807) is 11.3 Å². The van der Waals surface area contributed by atoms with E-state index < -0.39 is 9.84 Å². The van der Waals surface area contributed by atoms with Gasteiger partial charge in [-0.05, 0) is 28.8 Å². The summed E-state index contributed by atoms with van der Waals surface area (Å²) in [6, 6.07) is 2.30. The molecule has 4 nitrogen and oxygen atoms in total. The molecule has 1 fully saturated rings. The first-order chi connectivity index (χ1) is 8.53. The van der Waals surface area contributed by atoms with Gasteiger partial charge in [-0.1, -0.05) is 6.92 Å². The zero-order chi connectivity index (χ0) is 13.2. The Kier molecular flexibility index (Phi) is 4.42. The van der Waals surface area contributed by atoms with Crippen molar-refractivity contribution >= 4 is 21.2 Å². The SMILES string of the molecule is CCC(N)C(c1ccsc1)N1CCS(=O)(=O)CC1. The van der Waals surface area contributed by atoms with Gasteiger partial charge >= 0.3 is 0 Å². The Hall–Kier alpha value is -0.430.